The van der Waals surface area contributed by atoms with Gasteiger partial charge in [-0.1, -0.05) is 44.2 Å². The number of H-pyrrole nitrogens is 1. The van der Waals surface area contributed by atoms with Gasteiger partial charge in [0.2, 0.25) is 0 Å². The van der Waals surface area contributed by atoms with Gasteiger partial charge in [-0.2, -0.15) is 0 Å². The van der Waals surface area contributed by atoms with E-state index < -0.39 is 0 Å². The zero-order valence-corrected chi connectivity index (χ0v) is 15.3. The second-order valence-electron chi connectivity index (χ2n) is 7.28. The Kier molecular flexibility index (Phi) is 4.78. The molecule has 6 heteroatoms. The number of anilines is 1. The fourth-order valence-electron chi connectivity index (χ4n) is 3.14. The molecule has 130 valence electrons. The lowest BCUT2D eigenvalue weighted by Gasteiger charge is -2.36. The van der Waals surface area contributed by atoms with Crippen LogP contribution in [0.1, 0.15) is 31.3 Å². The molecular weight excluding hydrogens is 325 g/mol. The van der Waals surface area contributed by atoms with Crippen LogP contribution in [-0.2, 0) is 12.0 Å². The predicted octanol–water partition coefficient (Wildman–Crippen LogP) is 3.20. The molecule has 0 unspecified atom stereocenters. The van der Waals surface area contributed by atoms with Crippen LogP contribution in [0.2, 0.25) is 0 Å². The highest BCUT2D eigenvalue weighted by molar-refractivity contribution is 7.09. The predicted molar refractivity (Wildman–Crippen MR) is 97.5 cm³/mol. The number of para-hydroxylation sites is 1. The van der Waals surface area contributed by atoms with E-state index in [0.29, 0.717) is 5.69 Å². The maximum absolute atomic E-state index is 13.9. The molecule has 0 amide bonds. The number of piperazine rings is 1. The molecule has 4 nitrogen and oxygen atoms in total. The molecule has 1 fully saturated rings. The molecule has 1 saturated heterocycles. The minimum Gasteiger partial charge on any atom is -0.367 e. The van der Waals surface area contributed by atoms with Crippen LogP contribution in [-0.4, -0.2) is 36.1 Å². The van der Waals surface area contributed by atoms with Gasteiger partial charge in [-0.05, 0) is 12.1 Å². The Morgan fingerprint density at radius 2 is 1.83 bits per heavy atom. The molecule has 1 N–H and O–H groups in total. The van der Waals surface area contributed by atoms with Crippen LogP contribution in [0.25, 0.3) is 0 Å². The smallest absolute Gasteiger partial charge is 0.305 e. The molecule has 24 heavy (non-hydrogen) atoms. The zero-order valence-electron chi connectivity index (χ0n) is 14.4. The number of nitrogens with zero attached hydrogens (tertiary/aromatic N) is 2. The third kappa shape index (κ3) is 3.70. The number of hydrogen-bond acceptors (Lipinski definition) is 4. The summed E-state index contributed by atoms with van der Waals surface area (Å²) in [6.45, 7) is 10.4. The van der Waals surface area contributed by atoms with E-state index in [1.54, 1.807) is 6.07 Å². The monoisotopic (exact) mass is 349 g/mol. The van der Waals surface area contributed by atoms with Crippen molar-refractivity contribution in [3.63, 3.8) is 0 Å². The van der Waals surface area contributed by atoms with Gasteiger partial charge in [0, 0.05) is 48.7 Å². The molecule has 3 rings (SSSR count). The number of halogens is 1. The van der Waals surface area contributed by atoms with Crippen molar-refractivity contribution in [1.82, 2.24) is 9.88 Å². The van der Waals surface area contributed by atoms with Crippen molar-refractivity contribution in [2.24, 2.45) is 0 Å². The average Bonchev–Trinajstić information content (AvgIpc) is 2.90. The quantitative estimate of drug-likeness (QED) is 0.925. The molecule has 1 aliphatic heterocycles. The van der Waals surface area contributed by atoms with Crippen LogP contribution in [0.3, 0.4) is 0 Å². The Bertz CT molecular complexity index is 754. The van der Waals surface area contributed by atoms with Crippen LogP contribution in [0, 0.1) is 5.82 Å². The summed E-state index contributed by atoms with van der Waals surface area (Å²) in [5.41, 5.74) is 1.65. The second-order valence-corrected chi connectivity index (χ2v) is 8.35. The number of hydrogen-bond donors (Lipinski definition) is 1. The topological polar surface area (TPSA) is 39.3 Å². The molecule has 1 aromatic heterocycles. The lowest BCUT2D eigenvalue weighted by Crippen LogP contribution is -2.46. The fourth-order valence-corrected chi connectivity index (χ4v) is 4.22. The first-order valence-corrected chi connectivity index (χ1v) is 9.10. The molecule has 1 aromatic carbocycles. The van der Waals surface area contributed by atoms with Crippen molar-refractivity contribution in [1.29, 1.82) is 0 Å². The Morgan fingerprint density at radius 1 is 1.17 bits per heavy atom. The highest BCUT2D eigenvalue weighted by Gasteiger charge is 2.25. The van der Waals surface area contributed by atoms with Gasteiger partial charge in [0.25, 0.3) is 0 Å². The maximum Gasteiger partial charge on any atom is 0.305 e. The second kappa shape index (κ2) is 6.69. The minimum absolute atomic E-state index is 0.0138. The van der Waals surface area contributed by atoms with Crippen LogP contribution in [0.5, 0.6) is 0 Å². The summed E-state index contributed by atoms with van der Waals surface area (Å²) in [5, 5.41) is 0. The van der Waals surface area contributed by atoms with Gasteiger partial charge in [0.15, 0.2) is 0 Å². The number of nitrogens with one attached hydrogen (secondary N) is 1. The van der Waals surface area contributed by atoms with Crippen LogP contribution in [0.15, 0.2) is 29.1 Å². The molecule has 0 bridgehead atoms. The van der Waals surface area contributed by atoms with Crippen LogP contribution in [0.4, 0.5) is 10.1 Å². The van der Waals surface area contributed by atoms with Gasteiger partial charge < -0.3 is 9.88 Å². The Morgan fingerprint density at radius 3 is 2.46 bits per heavy atom. The van der Waals surface area contributed by atoms with Gasteiger partial charge in [0.05, 0.1) is 5.69 Å². The molecule has 0 radical (unpaired) electrons. The Balaban J connectivity index is 1.66. The SMILES string of the molecule is CC(C)(C)c1[nH]c(=O)sc1CN1CCN(c2ccccc2F)CC1. The zero-order chi connectivity index (χ0) is 17.3. The summed E-state index contributed by atoms with van der Waals surface area (Å²) in [6.07, 6.45) is 0. The van der Waals surface area contributed by atoms with Crippen molar-refractivity contribution in [2.45, 2.75) is 32.7 Å². The van der Waals surface area contributed by atoms with E-state index in [4.69, 9.17) is 0 Å². The first kappa shape index (κ1) is 17.2. The van der Waals surface area contributed by atoms with E-state index >= 15 is 0 Å². The first-order chi connectivity index (χ1) is 11.3. The average molecular weight is 349 g/mol. The van der Waals surface area contributed by atoms with E-state index in [9.17, 15) is 9.18 Å². The van der Waals surface area contributed by atoms with Crippen molar-refractivity contribution < 1.29 is 4.39 Å². The third-order valence-corrected chi connectivity index (χ3v) is 5.27. The van der Waals surface area contributed by atoms with E-state index in [1.807, 2.05) is 12.1 Å². The molecule has 0 saturated carbocycles. The van der Waals surface area contributed by atoms with Gasteiger partial charge in [-0.15, -0.1) is 0 Å². The number of aromatic amines is 1. The molecule has 0 atom stereocenters. The molecule has 0 spiro atoms. The molecule has 2 heterocycles. The summed E-state index contributed by atoms with van der Waals surface area (Å²) < 4.78 is 13.9. The van der Waals surface area contributed by atoms with Gasteiger partial charge in [-0.3, -0.25) is 9.69 Å². The first-order valence-electron chi connectivity index (χ1n) is 8.29. The molecule has 0 aliphatic carbocycles. The number of rotatable bonds is 3. The van der Waals surface area contributed by atoms with Gasteiger partial charge in [0.1, 0.15) is 5.82 Å². The van der Waals surface area contributed by atoms with E-state index in [2.05, 4.69) is 35.6 Å². The van der Waals surface area contributed by atoms with Gasteiger partial charge >= 0.3 is 4.87 Å². The normalized spacial score (nSPS) is 16.6. The number of benzene rings is 1. The standard InChI is InChI=1S/C18H24FN3OS/c1-18(2,3)16-15(24-17(23)20-16)12-21-8-10-22(11-9-21)14-7-5-4-6-13(14)19/h4-7H,8-12H2,1-3H3,(H,20,23). The van der Waals surface area contributed by atoms with Crippen LogP contribution < -0.4 is 9.77 Å². The van der Waals surface area contributed by atoms with E-state index in [1.165, 1.54) is 17.4 Å². The van der Waals surface area contributed by atoms with E-state index in [-0.39, 0.29) is 16.1 Å². The number of thiazole rings is 1. The minimum atomic E-state index is -0.162. The van der Waals surface area contributed by atoms with Crippen molar-refractivity contribution >= 4 is 17.0 Å². The maximum atomic E-state index is 13.9. The van der Waals surface area contributed by atoms with Crippen LogP contribution >= 0.6 is 11.3 Å². The molecule has 1 aliphatic rings. The highest BCUT2D eigenvalue weighted by Crippen LogP contribution is 2.27. The Hall–Kier alpha value is -1.66. The molecular formula is C18H24FN3OS. The highest BCUT2D eigenvalue weighted by atomic mass is 32.1. The summed E-state index contributed by atoms with van der Waals surface area (Å²) >= 11 is 1.31. The Labute approximate surface area is 145 Å². The largest absolute Gasteiger partial charge is 0.367 e. The van der Waals surface area contributed by atoms with Crippen molar-refractivity contribution in [3.05, 3.63) is 50.3 Å². The molecule has 2 aromatic rings. The van der Waals surface area contributed by atoms with Crippen molar-refractivity contribution in [3.8, 4) is 0 Å². The van der Waals surface area contributed by atoms with Crippen molar-refractivity contribution in [2.75, 3.05) is 31.1 Å². The number of aromatic nitrogens is 1. The summed E-state index contributed by atoms with van der Waals surface area (Å²) in [4.78, 5) is 20.3. The fraction of sp³-hybridized carbons (Fsp3) is 0.500. The summed E-state index contributed by atoms with van der Waals surface area (Å²) in [5.74, 6) is -0.162. The lowest BCUT2D eigenvalue weighted by molar-refractivity contribution is 0.249. The third-order valence-electron chi connectivity index (χ3n) is 4.40. The summed E-state index contributed by atoms with van der Waals surface area (Å²) in [6, 6.07) is 6.93. The van der Waals surface area contributed by atoms with E-state index in [0.717, 1.165) is 43.3 Å². The summed E-state index contributed by atoms with van der Waals surface area (Å²) in [7, 11) is 0. The van der Waals surface area contributed by atoms with Gasteiger partial charge in [-0.25, -0.2) is 4.39 Å². The lowest BCUT2D eigenvalue weighted by atomic mass is 9.91.